The van der Waals surface area contributed by atoms with E-state index in [-0.39, 0.29) is 13.0 Å². The molecule has 2 aromatic rings. The predicted molar refractivity (Wildman–Crippen MR) is 67.7 cm³/mol. The largest absolute Gasteiger partial charge is 0.398 e. The van der Waals surface area contributed by atoms with Crippen LogP contribution in [0, 0.1) is 6.92 Å². The molecule has 0 atom stereocenters. The number of nitrogens with two attached hydrogens (primary N) is 1. The van der Waals surface area contributed by atoms with Crippen LogP contribution in [0.25, 0.3) is 11.4 Å². The molecule has 0 saturated carbocycles. The highest BCUT2D eigenvalue weighted by Gasteiger charge is 2.26. The first-order valence-corrected chi connectivity index (χ1v) is 6.07. The van der Waals surface area contributed by atoms with E-state index in [0.29, 0.717) is 11.5 Å². The molecule has 0 aliphatic rings. The van der Waals surface area contributed by atoms with Gasteiger partial charge in [0.05, 0.1) is 0 Å². The fourth-order valence-electron chi connectivity index (χ4n) is 1.87. The molecule has 0 bridgehead atoms. The molecule has 0 saturated heterocycles. The second-order valence-electron chi connectivity index (χ2n) is 4.46. The van der Waals surface area contributed by atoms with E-state index < -0.39 is 12.6 Å². The van der Waals surface area contributed by atoms with Crippen LogP contribution in [0.15, 0.2) is 18.2 Å². The number of tetrazole rings is 1. The van der Waals surface area contributed by atoms with Gasteiger partial charge >= 0.3 is 6.18 Å². The van der Waals surface area contributed by atoms with Crippen LogP contribution < -0.4 is 5.73 Å². The van der Waals surface area contributed by atoms with Crippen LogP contribution >= 0.6 is 0 Å². The summed E-state index contributed by atoms with van der Waals surface area (Å²) in [5.41, 5.74) is 7.93. The van der Waals surface area contributed by atoms with E-state index in [0.717, 1.165) is 11.1 Å². The van der Waals surface area contributed by atoms with E-state index in [1.165, 1.54) is 4.68 Å². The third-order valence-corrected chi connectivity index (χ3v) is 2.98. The van der Waals surface area contributed by atoms with Crippen molar-refractivity contribution >= 4 is 5.69 Å². The number of hydrogen-bond donors (Lipinski definition) is 1. The van der Waals surface area contributed by atoms with Crippen LogP contribution in [0.1, 0.15) is 18.4 Å². The summed E-state index contributed by atoms with van der Waals surface area (Å²) >= 11 is 0. The van der Waals surface area contributed by atoms with Gasteiger partial charge in [-0.25, -0.2) is 4.68 Å². The van der Waals surface area contributed by atoms with Crippen molar-refractivity contribution in [1.82, 2.24) is 20.2 Å². The van der Waals surface area contributed by atoms with Gasteiger partial charge < -0.3 is 5.73 Å². The quantitative estimate of drug-likeness (QED) is 0.876. The van der Waals surface area contributed by atoms with E-state index in [9.17, 15) is 13.2 Å². The van der Waals surface area contributed by atoms with E-state index in [1.54, 1.807) is 18.2 Å². The van der Waals surface area contributed by atoms with Gasteiger partial charge in [-0.2, -0.15) is 13.2 Å². The summed E-state index contributed by atoms with van der Waals surface area (Å²) in [6, 6.07) is 5.29. The number of rotatable bonds is 4. The van der Waals surface area contributed by atoms with E-state index in [4.69, 9.17) is 5.73 Å². The molecule has 0 radical (unpaired) electrons. The summed E-state index contributed by atoms with van der Waals surface area (Å²) in [5.74, 6) is 0.428. The predicted octanol–water partition coefficient (Wildman–Crippen LogP) is 2.57. The molecular weight excluding hydrogens is 271 g/mol. The van der Waals surface area contributed by atoms with Crippen molar-refractivity contribution in [3.05, 3.63) is 23.8 Å². The molecule has 1 aromatic heterocycles. The van der Waals surface area contributed by atoms with Crippen molar-refractivity contribution in [1.29, 1.82) is 0 Å². The molecule has 2 N–H and O–H groups in total. The summed E-state index contributed by atoms with van der Waals surface area (Å²) in [6.45, 7) is 1.93. The second-order valence-corrected chi connectivity index (χ2v) is 4.46. The summed E-state index contributed by atoms with van der Waals surface area (Å²) in [6.07, 6.45) is -5.09. The molecule has 108 valence electrons. The topological polar surface area (TPSA) is 69.6 Å². The fraction of sp³-hybridized carbons (Fsp3) is 0.417. The molecule has 0 spiro atoms. The Morgan fingerprint density at radius 3 is 2.75 bits per heavy atom. The van der Waals surface area contributed by atoms with Crippen molar-refractivity contribution in [3.63, 3.8) is 0 Å². The highest BCUT2D eigenvalue weighted by molar-refractivity contribution is 5.67. The molecular formula is C12H14F3N5. The minimum Gasteiger partial charge on any atom is -0.398 e. The fourth-order valence-corrected chi connectivity index (χ4v) is 1.87. The van der Waals surface area contributed by atoms with Crippen LogP contribution in [-0.2, 0) is 6.54 Å². The third kappa shape index (κ3) is 3.25. The Balaban J connectivity index is 2.18. The number of benzene rings is 1. The minimum absolute atomic E-state index is 0.0666. The number of nitrogen functional groups attached to an aromatic ring is 1. The molecule has 0 fully saturated rings. The molecule has 1 aromatic carbocycles. The molecule has 1 heterocycles. The maximum absolute atomic E-state index is 12.1. The van der Waals surface area contributed by atoms with Gasteiger partial charge in [-0.15, -0.1) is 5.10 Å². The summed E-state index contributed by atoms with van der Waals surface area (Å²) in [5, 5.41) is 11.1. The van der Waals surface area contributed by atoms with Gasteiger partial charge in [-0.05, 0) is 35.4 Å². The lowest BCUT2D eigenvalue weighted by molar-refractivity contribution is -0.136. The van der Waals surface area contributed by atoms with Crippen molar-refractivity contribution in [2.75, 3.05) is 5.73 Å². The zero-order chi connectivity index (χ0) is 14.8. The Morgan fingerprint density at radius 1 is 1.30 bits per heavy atom. The maximum atomic E-state index is 12.1. The van der Waals surface area contributed by atoms with Gasteiger partial charge in [-0.3, -0.25) is 0 Å². The summed E-state index contributed by atoms with van der Waals surface area (Å²) in [4.78, 5) is 0. The van der Waals surface area contributed by atoms with Gasteiger partial charge in [0.25, 0.3) is 0 Å². The van der Waals surface area contributed by atoms with Crippen LogP contribution in [0.5, 0.6) is 0 Å². The average Bonchev–Trinajstić information content (AvgIpc) is 2.79. The molecule has 2 rings (SSSR count). The van der Waals surface area contributed by atoms with Crippen LogP contribution in [0.2, 0.25) is 0 Å². The summed E-state index contributed by atoms with van der Waals surface area (Å²) < 4.78 is 37.8. The molecule has 20 heavy (non-hydrogen) atoms. The molecule has 0 aliphatic carbocycles. The molecule has 0 amide bonds. The van der Waals surface area contributed by atoms with Gasteiger partial charge in [-0.1, -0.05) is 12.1 Å². The lowest BCUT2D eigenvalue weighted by Crippen LogP contribution is -2.11. The number of alkyl halides is 3. The van der Waals surface area contributed by atoms with Gasteiger partial charge in [0, 0.05) is 24.2 Å². The lowest BCUT2D eigenvalue weighted by atomic mass is 10.1. The lowest BCUT2D eigenvalue weighted by Gasteiger charge is -2.09. The van der Waals surface area contributed by atoms with E-state index in [1.807, 2.05) is 6.92 Å². The SMILES string of the molecule is Cc1c(N)cccc1-c1nnnn1CCCC(F)(F)F. The first-order valence-electron chi connectivity index (χ1n) is 6.07. The van der Waals surface area contributed by atoms with Crippen LogP contribution in [-0.4, -0.2) is 26.4 Å². The van der Waals surface area contributed by atoms with Gasteiger partial charge in [0.1, 0.15) is 0 Å². The minimum atomic E-state index is -4.17. The van der Waals surface area contributed by atoms with Gasteiger partial charge in [0.15, 0.2) is 5.82 Å². The maximum Gasteiger partial charge on any atom is 0.389 e. The Morgan fingerprint density at radius 2 is 2.05 bits per heavy atom. The normalized spacial score (nSPS) is 11.8. The number of halogens is 3. The Hall–Kier alpha value is -2.12. The second kappa shape index (κ2) is 5.48. The van der Waals surface area contributed by atoms with E-state index >= 15 is 0 Å². The smallest absolute Gasteiger partial charge is 0.389 e. The third-order valence-electron chi connectivity index (χ3n) is 2.98. The molecule has 0 aliphatic heterocycles. The molecule has 8 heteroatoms. The number of aryl methyl sites for hydroxylation is 1. The number of anilines is 1. The Labute approximate surface area is 113 Å². The standard InChI is InChI=1S/C12H14F3N5/c1-8-9(4-2-5-10(8)16)11-17-18-19-20(11)7-3-6-12(13,14)15/h2,4-5H,3,6-7,16H2,1H3. The van der Waals surface area contributed by atoms with Crippen LogP contribution in [0.3, 0.4) is 0 Å². The number of hydrogen-bond acceptors (Lipinski definition) is 4. The zero-order valence-electron chi connectivity index (χ0n) is 10.9. The van der Waals surface area contributed by atoms with Crippen molar-refractivity contribution in [2.24, 2.45) is 0 Å². The summed E-state index contributed by atoms with van der Waals surface area (Å²) in [7, 11) is 0. The number of aromatic nitrogens is 4. The van der Waals surface area contributed by atoms with Crippen LogP contribution in [0.4, 0.5) is 18.9 Å². The molecule has 0 unspecified atom stereocenters. The first kappa shape index (κ1) is 14.3. The monoisotopic (exact) mass is 285 g/mol. The Kier molecular flexibility index (Phi) is 3.91. The first-order chi connectivity index (χ1) is 9.38. The van der Waals surface area contributed by atoms with E-state index in [2.05, 4.69) is 15.5 Å². The highest BCUT2D eigenvalue weighted by atomic mass is 19.4. The Bertz CT molecular complexity index is 591. The highest BCUT2D eigenvalue weighted by Crippen LogP contribution is 2.26. The average molecular weight is 285 g/mol. The van der Waals surface area contributed by atoms with Crippen molar-refractivity contribution < 1.29 is 13.2 Å². The van der Waals surface area contributed by atoms with Gasteiger partial charge in [0.2, 0.25) is 0 Å². The van der Waals surface area contributed by atoms with Crippen molar-refractivity contribution in [3.8, 4) is 11.4 Å². The molecule has 5 nitrogen and oxygen atoms in total. The number of nitrogens with zero attached hydrogens (tertiary/aromatic N) is 4. The van der Waals surface area contributed by atoms with Crippen molar-refractivity contribution in [2.45, 2.75) is 32.5 Å². The zero-order valence-corrected chi connectivity index (χ0v) is 10.9.